The van der Waals surface area contributed by atoms with Crippen LogP contribution in [0.25, 0.3) is 0 Å². The predicted octanol–water partition coefficient (Wildman–Crippen LogP) is 3.79. The minimum absolute atomic E-state index is 0.134. The van der Waals surface area contributed by atoms with Gasteiger partial charge < -0.3 is 14.7 Å². The first-order valence-electron chi connectivity index (χ1n) is 8.69. The van der Waals surface area contributed by atoms with Crippen LogP contribution < -0.4 is 0 Å². The third kappa shape index (κ3) is 4.12. The van der Waals surface area contributed by atoms with Crippen molar-refractivity contribution in [3.05, 3.63) is 33.2 Å². The van der Waals surface area contributed by atoms with Gasteiger partial charge >= 0.3 is 0 Å². The number of rotatable bonds is 8. The van der Waals surface area contributed by atoms with Crippen LogP contribution in [0, 0.1) is 12.8 Å². The first-order chi connectivity index (χ1) is 11.8. The second-order valence-corrected chi connectivity index (χ2v) is 7.87. The van der Waals surface area contributed by atoms with E-state index >= 15 is 0 Å². The lowest BCUT2D eigenvalue weighted by Crippen LogP contribution is -2.33. The zero-order valence-corrected chi connectivity index (χ0v) is 16.4. The molecule has 1 aromatic rings. The molecule has 1 N–H and O–H groups in total. The Bertz CT molecular complexity index is 675. The average molecular weight is 365 g/mol. The number of aryl methyl sites for hydroxylation is 1. The van der Waals surface area contributed by atoms with Crippen LogP contribution in [-0.2, 0) is 14.3 Å². The van der Waals surface area contributed by atoms with Crippen LogP contribution in [0.1, 0.15) is 50.6 Å². The number of hydrogen-bond donors (Lipinski definition) is 1. The van der Waals surface area contributed by atoms with Gasteiger partial charge in [0.05, 0.1) is 17.7 Å². The molecule has 6 heteroatoms. The molecule has 0 bridgehead atoms. The van der Waals surface area contributed by atoms with Gasteiger partial charge in [0.2, 0.25) is 0 Å². The molecule has 2 rings (SSSR count). The monoisotopic (exact) mass is 365 g/mol. The fourth-order valence-corrected chi connectivity index (χ4v) is 3.98. The molecule has 0 saturated carbocycles. The summed E-state index contributed by atoms with van der Waals surface area (Å²) in [6.07, 6.45) is 0.788. The first-order valence-corrected chi connectivity index (χ1v) is 9.57. The highest BCUT2D eigenvalue weighted by molar-refractivity contribution is 7.10. The number of hydrogen-bond acceptors (Lipinski definition) is 5. The van der Waals surface area contributed by atoms with E-state index in [2.05, 4.69) is 0 Å². The number of ether oxygens (including phenoxy) is 1. The number of nitrogens with zero attached hydrogens (tertiary/aromatic N) is 1. The topological polar surface area (TPSA) is 66.8 Å². The van der Waals surface area contributed by atoms with Crippen LogP contribution in [0.15, 0.2) is 22.8 Å². The van der Waals surface area contributed by atoms with Gasteiger partial charge in [-0.25, -0.2) is 0 Å². The lowest BCUT2D eigenvalue weighted by atomic mass is 9.93. The van der Waals surface area contributed by atoms with Crippen molar-refractivity contribution in [3.8, 4) is 0 Å². The van der Waals surface area contributed by atoms with Gasteiger partial charge in [-0.3, -0.25) is 9.59 Å². The highest BCUT2D eigenvalue weighted by Gasteiger charge is 2.44. The third-order valence-corrected chi connectivity index (χ3v) is 5.31. The SMILES string of the molecule is Cc1ccsc1C1C(C(=O)C(C)C)=C(O)C(=O)N1CCCOC(C)C. The molecule has 1 amide bonds. The average Bonchev–Trinajstić information content (AvgIpc) is 3.06. The van der Waals surface area contributed by atoms with E-state index in [1.807, 2.05) is 32.2 Å². The van der Waals surface area contributed by atoms with Crippen molar-refractivity contribution in [1.29, 1.82) is 0 Å². The highest BCUT2D eigenvalue weighted by Crippen LogP contribution is 2.42. The quantitative estimate of drug-likeness (QED) is 0.712. The Hall–Kier alpha value is -1.66. The molecule has 2 heterocycles. The predicted molar refractivity (Wildman–Crippen MR) is 98.7 cm³/mol. The molecule has 25 heavy (non-hydrogen) atoms. The van der Waals surface area contributed by atoms with Gasteiger partial charge in [-0.1, -0.05) is 13.8 Å². The summed E-state index contributed by atoms with van der Waals surface area (Å²) in [4.78, 5) is 27.8. The molecule has 0 aliphatic carbocycles. The van der Waals surface area contributed by atoms with Crippen LogP contribution in [0.3, 0.4) is 0 Å². The van der Waals surface area contributed by atoms with E-state index in [1.54, 1.807) is 18.7 Å². The maximum atomic E-state index is 12.7. The van der Waals surface area contributed by atoms with E-state index in [9.17, 15) is 14.7 Å². The van der Waals surface area contributed by atoms with Gasteiger partial charge in [-0.05, 0) is 44.2 Å². The van der Waals surface area contributed by atoms with Crippen molar-refractivity contribution in [2.45, 2.75) is 53.2 Å². The Kier molecular flexibility index (Phi) is 6.41. The van der Waals surface area contributed by atoms with Crippen molar-refractivity contribution in [1.82, 2.24) is 4.90 Å². The van der Waals surface area contributed by atoms with Gasteiger partial charge in [-0.15, -0.1) is 11.3 Å². The zero-order valence-electron chi connectivity index (χ0n) is 15.5. The number of carbonyl (C=O) groups excluding carboxylic acids is 2. The molecule has 1 aromatic heterocycles. The van der Waals surface area contributed by atoms with Gasteiger partial charge in [0, 0.05) is 23.9 Å². The summed E-state index contributed by atoms with van der Waals surface area (Å²) in [6.45, 7) is 10.4. The lowest BCUT2D eigenvalue weighted by Gasteiger charge is -2.27. The standard InChI is InChI=1S/C19H27NO4S/c1-11(2)16(21)14-15(18-13(5)7-10-25-18)20(19(23)17(14)22)8-6-9-24-12(3)4/h7,10-12,15,22H,6,8-9H2,1-5H3. The number of carbonyl (C=O) groups is 2. The van der Waals surface area contributed by atoms with Crippen molar-refractivity contribution < 1.29 is 19.4 Å². The van der Waals surface area contributed by atoms with Gasteiger partial charge in [0.1, 0.15) is 0 Å². The fraction of sp³-hybridized carbons (Fsp3) is 0.579. The van der Waals surface area contributed by atoms with Crippen LogP contribution in [0.5, 0.6) is 0 Å². The smallest absolute Gasteiger partial charge is 0.290 e. The molecule has 0 saturated heterocycles. The molecule has 138 valence electrons. The van der Waals surface area contributed by atoms with Gasteiger partial charge in [-0.2, -0.15) is 0 Å². The Morgan fingerprint density at radius 2 is 2.04 bits per heavy atom. The lowest BCUT2D eigenvalue weighted by molar-refractivity contribution is -0.129. The summed E-state index contributed by atoms with van der Waals surface area (Å²) in [5.41, 5.74) is 1.25. The summed E-state index contributed by atoms with van der Waals surface area (Å²) in [6, 6.07) is 1.47. The van der Waals surface area contributed by atoms with Crippen molar-refractivity contribution in [2.24, 2.45) is 5.92 Å². The second-order valence-electron chi connectivity index (χ2n) is 6.92. The molecular formula is C19H27NO4S. The Morgan fingerprint density at radius 1 is 1.36 bits per heavy atom. The second kappa shape index (κ2) is 8.15. The van der Waals surface area contributed by atoms with E-state index in [0.29, 0.717) is 19.6 Å². The Labute approximate surface area is 153 Å². The van der Waals surface area contributed by atoms with Crippen LogP contribution in [-0.4, -0.2) is 41.0 Å². The summed E-state index contributed by atoms with van der Waals surface area (Å²) in [7, 11) is 0. The van der Waals surface area contributed by atoms with Crippen LogP contribution in [0.2, 0.25) is 0 Å². The van der Waals surface area contributed by atoms with Crippen molar-refractivity contribution in [3.63, 3.8) is 0 Å². The van der Waals surface area contributed by atoms with E-state index in [1.165, 1.54) is 11.3 Å². The van der Waals surface area contributed by atoms with Crippen molar-refractivity contribution in [2.75, 3.05) is 13.2 Å². The third-order valence-electron chi connectivity index (χ3n) is 4.24. The molecule has 1 aliphatic heterocycles. The molecular weight excluding hydrogens is 338 g/mol. The number of Topliss-reactive ketones (excluding diaryl/α,β-unsaturated/α-hetero) is 1. The zero-order chi connectivity index (χ0) is 18.7. The summed E-state index contributed by atoms with van der Waals surface area (Å²) in [5.74, 6) is -1.32. The number of amides is 1. The number of ketones is 1. The summed E-state index contributed by atoms with van der Waals surface area (Å²) >= 11 is 1.51. The van der Waals surface area contributed by atoms with E-state index in [-0.39, 0.29) is 23.4 Å². The first kappa shape index (κ1) is 19.7. The van der Waals surface area contributed by atoms with Gasteiger partial charge in [0.25, 0.3) is 5.91 Å². The fourth-order valence-electron chi connectivity index (χ4n) is 2.94. The highest BCUT2D eigenvalue weighted by atomic mass is 32.1. The summed E-state index contributed by atoms with van der Waals surface area (Å²) < 4.78 is 5.55. The molecule has 1 aliphatic rings. The van der Waals surface area contributed by atoms with E-state index in [0.717, 1.165) is 10.4 Å². The Balaban J connectivity index is 2.31. The minimum Gasteiger partial charge on any atom is -0.503 e. The molecule has 0 radical (unpaired) electrons. The molecule has 1 unspecified atom stereocenters. The molecule has 0 fully saturated rings. The molecule has 1 atom stereocenters. The van der Waals surface area contributed by atoms with Crippen LogP contribution >= 0.6 is 11.3 Å². The van der Waals surface area contributed by atoms with Crippen molar-refractivity contribution >= 4 is 23.0 Å². The number of thiophene rings is 1. The van der Waals surface area contributed by atoms with E-state index < -0.39 is 17.7 Å². The Morgan fingerprint density at radius 3 is 2.56 bits per heavy atom. The van der Waals surface area contributed by atoms with E-state index in [4.69, 9.17) is 4.74 Å². The molecule has 5 nitrogen and oxygen atoms in total. The molecule has 0 aromatic carbocycles. The minimum atomic E-state index is -0.499. The number of aliphatic hydroxyl groups is 1. The number of aliphatic hydroxyl groups excluding tert-OH is 1. The normalized spacial score (nSPS) is 18.1. The van der Waals surface area contributed by atoms with Crippen LogP contribution in [0.4, 0.5) is 0 Å². The largest absolute Gasteiger partial charge is 0.503 e. The summed E-state index contributed by atoms with van der Waals surface area (Å²) in [5, 5.41) is 12.3. The maximum absolute atomic E-state index is 12.7. The maximum Gasteiger partial charge on any atom is 0.290 e. The van der Waals surface area contributed by atoms with Gasteiger partial charge in [0.15, 0.2) is 11.5 Å². The molecule has 0 spiro atoms.